The van der Waals surface area contributed by atoms with Crippen LogP contribution >= 0.6 is 0 Å². The van der Waals surface area contributed by atoms with Gasteiger partial charge in [0.15, 0.2) is 12.6 Å². The molecule has 0 fully saturated rings. The zero-order valence-corrected chi connectivity index (χ0v) is 14.4. The van der Waals surface area contributed by atoms with Gasteiger partial charge in [-0.05, 0) is 38.5 Å². The molecule has 5 heteroatoms. The van der Waals surface area contributed by atoms with E-state index in [1.807, 2.05) is 13.8 Å². The molecule has 0 heterocycles. The maximum Gasteiger partial charge on any atom is 0.151 e. The Hall–Kier alpha value is -0.200. The summed E-state index contributed by atoms with van der Waals surface area (Å²) in [5, 5.41) is 33.0. The Labute approximate surface area is 131 Å². The zero-order chi connectivity index (χ0) is 16.9. The molecule has 0 radical (unpaired) electrons. The van der Waals surface area contributed by atoms with Crippen molar-refractivity contribution in [1.82, 2.24) is 0 Å². The number of rotatable bonds is 10. The number of unbranched alkanes of at least 4 members (excludes halogenated alkanes) is 2. The summed E-state index contributed by atoms with van der Waals surface area (Å²) >= 11 is 0. The summed E-state index contributed by atoms with van der Waals surface area (Å²) < 4.78 is 5.13. The van der Waals surface area contributed by atoms with Crippen molar-refractivity contribution in [3.05, 3.63) is 0 Å². The van der Waals surface area contributed by atoms with E-state index < -0.39 is 12.6 Å². The molecule has 0 atom stereocenters. The molecule has 4 N–H and O–H groups in total. The number of hydrogen-bond acceptors (Lipinski definition) is 5. The van der Waals surface area contributed by atoms with Crippen molar-refractivity contribution in [2.75, 3.05) is 13.2 Å². The van der Waals surface area contributed by atoms with Crippen molar-refractivity contribution in [2.24, 2.45) is 0 Å². The predicted octanol–water partition coefficient (Wildman–Crippen LogP) is 2.80. The molecule has 0 unspecified atom stereocenters. The van der Waals surface area contributed by atoms with Crippen LogP contribution in [0.4, 0.5) is 0 Å². The van der Waals surface area contributed by atoms with Gasteiger partial charge in [0.25, 0.3) is 0 Å². The van der Waals surface area contributed by atoms with Crippen LogP contribution in [0.1, 0.15) is 79.1 Å². The molecule has 0 aromatic rings. The second kappa shape index (κ2) is 24.8. The van der Waals surface area contributed by atoms with Crippen LogP contribution in [0.2, 0.25) is 0 Å². The van der Waals surface area contributed by atoms with Crippen LogP contribution in [-0.2, 0) is 4.74 Å². The van der Waals surface area contributed by atoms with E-state index in [0.29, 0.717) is 12.8 Å². The Bertz CT molecular complexity index is 136. The van der Waals surface area contributed by atoms with Crippen LogP contribution in [0.5, 0.6) is 0 Å². The molecule has 0 spiro atoms. The van der Waals surface area contributed by atoms with E-state index >= 15 is 0 Å². The molecule has 0 saturated heterocycles. The van der Waals surface area contributed by atoms with Crippen molar-refractivity contribution < 1.29 is 25.2 Å². The van der Waals surface area contributed by atoms with Crippen molar-refractivity contribution in [2.45, 2.75) is 91.6 Å². The van der Waals surface area contributed by atoms with Crippen LogP contribution in [0.15, 0.2) is 0 Å². The summed E-state index contributed by atoms with van der Waals surface area (Å²) in [6.07, 6.45) is 4.96. The molecule has 0 aliphatic rings. The van der Waals surface area contributed by atoms with Crippen LogP contribution in [0.3, 0.4) is 0 Å². The van der Waals surface area contributed by atoms with E-state index in [-0.39, 0.29) is 0 Å². The number of aliphatic hydroxyl groups is 4. The minimum Gasteiger partial charge on any atom is -0.381 e. The molecule has 0 aliphatic carbocycles. The summed E-state index contributed by atoms with van der Waals surface area (Å²) in [7, 11) is 0. The summed E-state index contributed by atoms with van der Waals surface area (Å²) in [4.78, 5) is 0. The van der Waals surface area contributed by atoms with Gasteiger partial charge in [-0.15, -0.1) is 0 Å². The highest BCUT2D eigenvalue weighted by molar-refractivity contribution is 4.37. The quantitative estimate of drug-likeness (QED) is 0.368. The Kier molecular flexibility index (Phi) is 30.4. The highest BCUT2D eigenvalue weighted by Crippen LogP contribution is 1.95. The maximum absolute atomic E-state index is 8.24. The van der Waals surface area contributed by atoms with Gasteiger partial charge in [0.05, 0.1) is 0 Å². The van der Waals surface area contributed by atoms with Gasteiger partial charge < -0.3 is 25.2 Å². The average molecular weight is 310 g/mol. The summed E-state index contributed by atoms with van der Waals surface area (Å²) in [6.45, 7) is 10.1. The van der Waals surface area contributed by atoms with Crippen LogP contribution in [0, 0.1) is 0 Å². The number of hydrogen-bond donors (Lipinski definition) is 4. The van der Waals surface area contributed by atoms with E-state index in [9.17, 15) is 0 Å². The molecular formula is C16H38O5. The van der Waals surface area contributed by atoms with Crippen LogP contribution < -0.4 is 0 Å². The van der Waals surface area contributed by atoms with E-state index in [0.717, 1.165) is 51.7 Å². The number of ether oxygens (including phenoxy) is 1. The van der Waals surface area contributed by atoms with Gasteiger partial charge in [0, 0.05) is 13.2 Å². The normalized spacial score (nSPS) is 10.0. The molecule has 0 aromatic carbocycles. The van der Waals surface area contributed by atoms with Crippen molar-refractivity contribution >= 4 is 0 Å². The van der Waals surface area contributed by atoms with Gasteiger partial charge in [-0.3, -0.25) is 0 Å². The lowest BCUT2D eigenvalue weighted by atomic mass is 10.2. The lowest BCUT2D eigenvalue weighted by molar-refractivity contribution is -0.0469. The van der Waals surface area contributed by atoms with E-state index in [4.69, 9.17) is 25.2 Å². The molecular weight excluding hydrogens is 272 g/mol. The predicted molar refractivity (Wildman–Crippen MR) is 86.9 cm³/mol. The Balaban J connectivity index is -0.000000231. The van der Waals surface area contributed by atoms with Gasteiger partial charge in [-0.1, -0.05) is 40.5 Å². The van der Waals surface area contributed by atoms with Gasteiger partial charge in [-0.25, -0.2) is 0 Å². The molecule has 0 saturated carbocycles. The van der Waals surface area contributed by atoms with E-state index in [1.165, 1.54) is 0 Å². The Morgan fingerprint density at radius 2 is 0.952 bits per heavy atom. The van der Waals surface area contributed by atoms with Gasteiger partial charge in [0.2, 0.25) is 0 Å². The minimum atomic E-state index is -1.10. The third-order valence-electron chi connectivity index (χ3n) is 2.33. The SMILES string of the molecule is CCCCC(O)O.CCCCC(O)O.CCCOCCC. The molecule has 0 rings (SSSR count). The maximum atomic E-state index is 8.24. The molecule has 0 bridgehead atoms. The minimum absolute atomic E-state index is 0.510. The number of aliphatic hydroxyl groups excluding tert-OH is 2. The Morgan fingerprint density at radius 3 is 1.10 bits per heavy atom. The molecule has 21 heavy (non-hydrogen) atoms. The smallest absolute Gasteiger partial charge is 0.151 e. The first kappa shape index (κ1) is 25.7. The third-order valence-corrected chi connectivity index (χ3v) is 2.33. The van der Waals surface area contributed by atoms with Crippen LogP contribution in [0.25, 0.3) is 0 Å². The lowest BCUT2D eigenvalue weighted by Crippen LogP contribution is -2.02. The molecule has 132 valence electrons. The van der Waals surface area contributed by atoms with Crippen molar-refractivity contribution in [3.63, 3.8) is 0 Å². The average Bonchev–Trinajstić information content (AvgIpc) is 2.44. The first-order valence-electron chi connectivity index (χ1n) is 8.26. The second-order valence-corrected chi connectivity index (χ2v) is 4.86. The first-order valence-corrected chi connectivity index (χ1v) is 8.26. The molecule has 0 amide bonds. The highest BCUT2D eigenvalue weighted by atomic mass is 16.5. The third kappa shape index (κ3) is 45.1. The monoisotopic (exact) mass is 310 g/mol. The molecule has 0 aliphatic heterocycles. The lowest BCUT2D eigenvalue weighted by Gasteiger charge is -1.97. The summed E-state index contributed by atoms with van der Waals surface area (Å²) in [5.74, 6) is 0. The fourth-order valence-electron chi connectivity index (χ4n) is 1.16. The summed E-state index contributed by atoms with van der Waals surface area (Å²) in [5.41, 5.74) is 0. The van der Waals surface area contributed by atoms with Gasteiger partial charge >= 0.3 is 0 Å². The van der Waals surface area contributed by atoms with Gasteiger partial charge in [-0.2, -0.15) is 0 Å². The highest BCUT2D eigenvalue weighted by Gasteiger charge is 1.92. The largest absolute Gasteiger partial charge is 0.381 e. The Morgan fingerprint density at radius 1 is 0.619 bits per heavy atom. The zero-order valence-electron chi connectivity index (χ0n) is 14.4. The van der Waals surface area contributed by atoms with Crippen molar-refractivity contribution in [1.29, 1.82) is 0 Å². The fourth-order valence-corrected chi connectivity index (χ4v) is 1.16. The summed E-state index contributed by atoms with van der Waals surface area (Å²) in [6, 6.07) is 0. The van der Waals surface area contributed by atoms with Gasteiger partial charge in [0.1, 0.15) is 0 Å². The fraction of sp³-hybridized carbons (Fsp3) is 1.00. The standard InChI is InChI=1S/C6H14O.2C5H12O2/c1-3-5-7-6-4-2;2*1-2-3-4-5(6)7/h3-6H2,1-2H3;2*5-7H,2-4H2,1H3. The topological polar surface area (TPSA) is 90.2 Å². The molecule has 5 nitrogen and oxygen atoms in total. The first-order chi connectivity index (χ1) is 9.95. The second-order valence-electron chi connectivity index (χ2n) is 4.86. The van der Waals surface area contributed by atoms with Crippen molar-refractivity contribution in [3.8, 4) is 0 Å². The van der Waals surface area contributed by atoms with E-state index in [1.54, 1.807) is 0 Å². The van der Waals surface area contributed by atoms with Crippen LogP contribution in [-0.4, -0.2) is 46.2 Å². The van der Waals surface area contributed by atoms with E-state index in [2.05, 4.69) is 13.8 Å². The molecule has 0 aromatic heterocycles.